The molecule has 70 valence electrons. The van der Waals surface area contributed by atoms with Crippen molar-refractivity contribution in [3.8, 4) is 0 Å². The normalized spacial score (nSPS) is 19.7. The van der Waals surface area contributed by atoms with Crippen molar-refractivity contribution in [2.45, 2.75) is 18.5 Å². The molecule has 0 N–H and O–H groups in total. The monoisotopic (exact) mass is 189 g/mol. The molecule has 1 amide bonds. The van der Waals surface area contributed by atoms with Crippen molar-refractivity contribution >= 4 is 15.1 Å². The minimum atomic E-state index is 0.120. The summed E-state index contributed by atoms with van der Waals surface area (Å²) in [5.74, 6) is 0.120. The molecule has 1 fully saturated rings. The van der Waals surface area contributed by atoms with Gasteiger partial charge in [0.05, 0.1) is 0 Å². The van der Waals surface area contributed by atoms with Crippen LogP contribution in [0.5, 0.6) is 0 Å². The summed E-state index contributed by atoms with van der Waals surface area (Å²) < 4.78 is 4.79. The third kappa shape index (κ3) is 2.72. The molecule has 1 unspecified atom stereocenters. The van der Waals surface area contributed by atoms with Crippen LogP contribution in [-0.2, 0) is 9.53 Å². The van der Waals surface area contributed by atoms with E-state index >= 15 is 0 Å². The van der Waals surface area contributed by atoms with Crippen molar-refractivity contribution < 1.29 is 9.53 Å². The van der Waals surface area contributed by atoms with Crippen LogP contribution in [0.2, 0.25) is 0 Å². The zero-order valence-corrected chi connectivity index (χ0v) is 8.61. The van der Waals surface area contributed by atoms with Gasteiger partial charge in [-0.15, -0.1) is 9.24 Å². The molecule has 1 atom stereocenters. The molecule has 0 aromatic rings. The molecule has 1 aliphatic heterocycles. The van der Waals surface area contributed by atoms with Crippen LogP contribution in [0.15, 0.2) is 0 Å². The van der Waals surface area contributed by atoms with Crippen molar-refractivity contribution in [3.05, 3.63) is 0 Å². The molecule has 0 aromatic carbocycles. The Labute approximate surface area is 75.7 Å². The first kappa shape index (κ1) is 9.94. The number of methoxy groups -OCH3 is 1. The van der Waals surface area contributed by atoms with Gasteiger partial charge in [0.25, 0.3) is 0 Å². The van der Waals surface area contributed by atoms with E-state index in [4.69, 9.17) is 4.74 Å². The number of rotatable bonds is 2. The van der Waals surface area contributed by atoms with Crippen LogP contribution < -0.4 is 0 Å². The van der Waals surface area contributed by atoms with Crippen LogP contribution in [0.1, 0.15) is 12.8 Å². The Morgan fingerprint density at radius 2 is 2.17 bits per heavy atom. The van der Waals surface area contributed by atoms with Gasteiger partial charge in [0.15, 0.2) is 0 Å². The van der Waals surface area contributed by atoms with Gasteiger partial charge >= 0.3 is 0 Å². The maximum atomic E-state index is 11.3. The number of amides is 1. The summed E-state index contributed by atoms with van der Waals surface area (Å²) in [6, 6.07) is 0. The molecule has 1 heterocycles. The summed E-state index contributed by atoms with van der Waals surface area (Å²) in [6.45, 7) is 1.99. The molecule has 0 aliphatic carbocycles. The van der Waals surface area contributed by atoms with Crippen LogP contribution in [0.4, 0.5) is 0 Å². The maximum absolute atomic E-state index is 11.3. The lowest BCUT2D eigenvalue weighted by atomic mass is 10.1. The highest BCUT2D eigenvalue weighted by Gasteiger charge is 2.19. The van der Waals surface area contributed by atoms with Crippen LogP contribution in [0.25, 0.3) is 0 Å². The van der Waals surface area contributed by atoms with Crippen molar-refractivity contribution in [3.63, 3.8) is 0 Å². The number of likely N-dealkylation sites (tertiary alicyclic amines) is 1. The van der Waals surface area contributed by atoms with Crippen LogP contribution >= 0.6 is 9.24 Å². The fourth-order valence-electron chi connectivity index (χ4n) is 1.36. The summed E-state index contributed by atoms with van der Waals surface area (Å²) in [7, 11) is 4.37. The quantitative estimate of drug-likeness (QED) is 0.592. The first-order valence-corrected chi connectivity index (χ1v) is 4.93. The maximum Gasteiger partial charge on any atom is 0.248 e. The molecule has 0 saturated carbocycles. The topological polar surface area (TPSA) is 29.5 Å². The number of ether oxygens (including phenoxy) is 1. The van der Waals surface area contributed by atoms with Crippen molar-refractivity contribution in [2.75, 3.05) is 26.8 Å². The standard InChI is InChI=1S/C8H16NO2P/c1-11-6-8(10)9-4-2-7(12)3-5-9/h7H,2-6,12H2,1H3. The lowest BCUT2D eigenvalue weighted by molar-refractivity contribution is -0.135. The second-order valence-electron chi connectivity index (χ2n) is 3.15. The predicted octanol–water partition coefficient (Wildman–Crippen LogP) is 0.499. The molecule has 3 nitrogen and oxygen atoms in total. The number of hydrogen-bond donors (Lipinski definition) is 0. The fraction of sp³-hybridized carbons (Fsp3) is 0.875. The van der Waals surface area contributed by atoms with E-state index in [0.717, 1.165) is 25.9 Å². The summed E-state index contributed by atoms with van der Waals surface area (Å²) in [5.41, 5.74) is 0.691. The summed E-state index contributed by atoms with van der Waals surface area (Å²) in [4.78, 5) is 13.2. The molecule has 12 heavy (non-hydrogen) atoms. The Bertz CT molecular complexity index is 155. The minimum Gasteiger partial charge on any atom is -0.375 e. The van der Waals surface area contributed by atoms with Gasteiger partial charge in [-0.25, -0.2) is 0 Å². The highest BCUT2D eigenvalue weighted by Crippen LogP contribution is 2.17. The van der Waals surface area contributed by atoms with Gasteiger partial charge in [-0.1, -0.05) is 0 Å². The van der Waals surface area contributed by atoms with E-state index in [9.17, 15) is 4.79 Å². The van der Waals surface area contributed by atoms with E-state index in [0.29, 0.717) is 5.66 Å². The number of piperidine rings is 1. The number of carbonyl (C=O) groups excluding carboxylic acids is 1. The van der Waals surface area contributed by atoms with E-state index in [-0.39, 0.29) is 12.5 Å². The molecule has 0 aromatic heterocycles. The first-order valence-electron chi connectivity index (χ1n) is 4.26. The van der Waals surface area contributed by atoms with Gasteiger partial charge in [-0.05, 0) is 18.5 Å². The summed E-state index contributed by atoms with van der Waals surface area (Å²) >= 11 is 0. The van der Waals surface area contributed by atoms with E-state index in [1.54, 1.807) is 7.11 Å². The van der Waals surface area contributed by atoms with Gasteiger partial charge in [-0.3, -0.25) is 4.79 Å². The zero-order chi connectivity index (χ0) is 8.97. The van der Waals surface area contributed by atoms with Crippen molar-refractivity contribution in [1.29, 1.82) is 0 Å². The molecular weight excluding hydrogens is 173 g/mol. The molecule has 0 bridgehead atoms. The number of carbonyl (C=O) groups is 1. The van der Waals surface area contributed by atoms with Gasteiger partial charge in [0, 0.05) is 20.2 Å². The second kappa shape index (κ2) is 4.78. The summed E-state index contributed by atoms with van der Waals surface area (Å²) in [5, 5.41) is 0. The lowest BCUT2D eigenvalue weighted by Gasteiger charge is -2.29. The molecule has 1 aliphatic rings. The third-order valence-corrected chi connectivity index (χ3v) is 2.83. The Morgan fingerprint density at radius 3 is 2.67 bits per heavy atom. The third-order valence-electron chi connectivity index (χ3n) is 2.16. The highest BCUT2D eigenvalue weighted by molar-refractivity contribution is 7.17. The van der Waals surface area contributed by atoms with E-state index in [1.807, 2.05) is 4.90 Å². The largest absolute Gasteiger partial charge is 0.375 e. The van der Waals surface area contributed by atoms with Gasteiger partial charge in [0.1, 0.15) is 6.61 Å². The number of hydrogen-bond acceptors (Lipinski definition) is 2. The second-order valence-corrected chi connectivity index (χ2v) is 4.09. The van der Waals surface area contributed by atoms with Gasteiger partial charge in [-0.2, -0.15) is 0 Å². The minimum absolute atomic E-state index is 0.120. The fourth-order valence-corrected chi connectivity index (χ4v) is 1.66. The molecule has 0 radical (unpaired) electrons. The van der Waals surface area contributed by atoms with Crippen LogP contribution in [0, 0.1) is 0 Å². The van der Waals surface area contributed by atoms with Crippen molar-refractivity contribution in [2.24, 2.45) is 0 Å². The first-order chi connectivity index (χ1) is 5.74. The molecular formula is C8H16NO2P. The predicted molar refractivity (Wildman–Crippen MR) is 51.2 cm³/mol. The Hall–Kier alpha value is -0.140. The molecule has 4 heteroatoms. The smallest absolute Gasteiger partial charge is 0.248 e. The average Bonchev–Trinajstić information content (AvgIpc) is 2.06. The van der Waals surface area contributed by atoms with E-state index in [2.05, 4.69) is 9.24 Å². The SMILES string of the molecule is COCC(=O)N1CCC(P)CC1. The Balaban J connectivity index is 2.29. The Morgan fingerprint density at radius 1 is 1.58 bits per heavy atom. The van der Waals surface area contributed by atoms with E-state index < -0.39 is 0 Å². The number of nitrogens with zero attached hydrogens (tertiary/aromatic N) is 1. The van der Waals surface area contributed by atoms with Gasteiger partial charge in [0.2, 0.25) is 5.91 Å². The highest BCUT2D eigenvalue weighted by atomic mass is 31.0. The molecule has 0 spiro atoms. The van der Waals surface area contributed by atoms with Crippen molar-refractivity contribution in [1.82, 2.24) is 4.90 Å². The average molecular weight is 189 g/mol. The van der Waals surface area contributed by atoms with Crippen LogP contribution in [-0.4, -0.2) is 43.3 Å². The molecule has 1 saturated heterocycles. The summed E-state index contributed by atoms with van der Waals surface area (Å²) in [6.07, 6.45) is 2.19. The Kier molecular flexibility index (Phi) is 3.96. The van der Waals surface area contributed by atoms with Crippen LogP contribution in [0.3, 0.4) is 0 Å². The molecule has 1 rings (SSSR count). The van der Waals surface area contributed by atoms with Gasteiger partial charge < -0.3 is 9.64 Å². The lowest BCUT2D eigenvalue weighted by Crippen LogP contribution is -2.40. The van der Waals surface area contributed by atoms with E-state index in [1.165, 1.54) is 0 Å². The zero-order valence-electron chi connectivity index (χ0n) is 7.45.